The Morgan fingerprint density at radius 2 is 1.80 bits per heavy atom. The number of allylic oxidation sites excluding steroid dienone is 4. The van der Waals surface area contributed by atoms with E-state index in [2.05, 4.69) is 19.1 Å². The Labute approximate surface area is 211 Å². The maximum atomic E-state index is 12.0. The van der Waals surface area contributed by atoms with E-state index in [1.165, 1.54) is 0 Å². The second-order valence-electron chi connectivity index (χ2n) is 9.21. The third kappa shape index (κ3) is 14.9. The number of hydrogen-bond donors (Lipinski definition) is 0. The summed E-state index contributed by atoms with van der Waals surface area (Å²) in [7, 11) is 3.25. The Bertz CT molecular complexity index is 656. The van der Waals surface area contributed by atoms with Crippen LogP contribution in [0, 0.1) is 11.8 Å². The molecule has 1 heterocycles. The Morgan fingerprint density at radius 1 is 1.03 bits per heavy atom. The highest BCUT2D eigenvalue weighted by atomic mass is 16.6. The number of unbranched alkanes of at least 4 members (excludes halogenated alkanes) is 7. The van der Waals surface area contributed by atoms with Gasteiger partial charge >= 0.3 is 17.9 Å². The zero-order valence-corrected chi connectivity index (χ0v) is 22.0. The number of carbonyl (C=O) groups is 3. The van der Waals surface area contributed by atoms with Gasteiger partial charge in [0.1, 0.15) is 6.61 Å². The van der Waals surface area contributed by atoms with E-state index in [1.807, 2.05) is 12.2 Å². The minimum atomic E-state index is -0.404. The lowest BCUT2D eigenvalue weighted by Crippen LogP contribution is -2.22. The lowest BCUT2D eigenvalue weighted by Gasteiger charge is -2.15. The van der Waals surface area contributed by atoms with Crippen LogP contribution in [0.5, 0.6) is 0 Å². The van der Waals surface area contributed by atoms with E-state index in [4.69, 9.17) is 18.9 Å². The van der Waals surface area contributed by atoms with Gasteiger partial charge in [-0.15, -0.1) is 0 Å². The first kappa shape index (κ1) is 31.0. The van der Waals surface area contributed by atoms with Crippen molar-refractivity contribution >= 4 is 17.9 Å². The molecule has 0 bridgehead atoms. The van der Waals surface area contributed by atoms with Gasteiger partial charge in [-0.1, -0.05) is 69.8 Å². The lowest BCUT2D eigenvalue weighted by molar-refractivity contribution is -0.153. The number of ether oxygens (including phenoxy) is 4. The Balaban J connectivity index is 2.14. The van der Waals surface area contributed by atoms with E-state index in [0.29, 0.717) is 19.4 Å². The van der Waals surface area contributed by atoms with Crippen LogP contribution in [0.2, 0.25) is 0 Å². The standard InChI is InChI=1S/C28H46O7/c1-4-5-13-16-23(25-21-27(30)35-28(25)31)17-14-11-9-7-6-8-10-12-15-18-26(29)34-22-24(33-3)19-20-32-2/h9,11,14,17,23-25H,4-8,10,12-13,15-16,18-22H2,1-3H3/b11-9-,17-14+. The number of esters is 3. The van der Waals surface area contributed by atoms with Gasteiger partial charge in [-0.05, 0) is 31.6 Å². The highest BCUT2D eigenvalue weighted by Crippen LogP contribution is 2.29. The van der Waals surface area contributed by atoms with Crippen molar-refractivity contribution in [2.75, 3.05) is 27.4 Å². The summed E-state index contributed by atoms with van der Waals surface area (Å²) in [4.78, 5) is 35.3. The number of rotatable bonds is 21. The summed E-state index contributed by atoms with van der Waals surface area (Å²) in [5.41, 5.74) is 0. The summed E-state index contributed by atoms with van der Waals surface area (Å²) in [5.74, 6) is -1.22. The SMILES string of the molecule is CCCCCC(/C=C/C=C\CCCCCCCC(=O)OCC(CCOC)OC)C1CC(=O)OC1=O. The summed E-state index contributed by atoms with van der Waals surface area (Å²) in [6, 6.07) is 0. The minimum Gasteiger partial charge on any atom is -0.463 e. The van der Waals surface area contributed by atoms with Crippen LogP contribution in [0.1, 0.15) is 90.4 Å². The first-order chi connectivity index (χ1) is 17.0. The molecule has 3 unspecified atom stereocenters. The molecule has 200 valence electrons. The Morgan fingerprint density at radius 3 is 2.49 bits per heavy atom. The maximum Gasteiger partial charge on any atom is 0.317 e. The van der Waals surface area contributed by atoms with Gasteiger partial charge in [0, 0.05) is 33.7 Å². The molecule has 7 nitrogen and oxygen atoms in total. The summed E-state index contributed by atoms with van der Waals surface area (Å²) in [6.07, 6.45) is 19.9. The monoisotopic (exact) mass is 494 g/mol. The van der Waals surface area contributed by atoms with Crippen LogP contribution >= 0.6 is 0 Å². The van der Waals surface area contributed by atoms with Crippen LogP contribution in [-0.4, -0.2) is 51.4 Å². The van der Waals surface area contributed by atoms with Crippen LogP contribution in [0.3, 0.4) is 0 Å². The number of hydrogen-bond acceptors (Lipinski definition) is 7. The van der Waals surface area contributed by atoms with Gasteiger partial charge in [0.05, 0.1) is 18.4 Å². The Hall–Kier alpha value is -1.99. The third-order valence-corrected chi connectivity index (χ3v) is 6.33. The summed E-state index contributed by atoms with van der Waals surface area (Å²) >= 11 is 0. The molecule has 7 heteroatoms. The number of cyclic esters (lactones) is 2. The van der Waals surface area contributed by atoms with Gasteiger partial charge in [0.2, 0.25) is 0 Å². The topological polar surface area (TPSA) is 88.1 Å². The second-order valence-corrected chi connectivity index (χ2v) is 9.21. The predicted octanol–water partition coefficient (Wildman–Crippen LogP) is 5.71. The second kappa shape index (κ2) is 20.2. The van der Waals surface area contributed by atoms with Crippen molar-refractivity contribution in [1.29, 1.82) is 0 Å². The van der Waals surface area contributed by atoms with Crippen LogP contribution in [0.15, 0.2) is 24.3 Å². The van der Waals surface area contributed by atoms with Crippen molar-refractivity contribution in [3.8, 4) is 0 Å². The van der Waals surface area contributed by atoms with Crippen molar-refractivity contribution in [2.45, 2.75) is 96.5 Å². The fourth-order valence-corrected chi connectivity index (χ4v) is 4.10. The molecular formula is C28H46O7. The molecule has 0 saturated carbocycles. The lowest BCUT2D eigenvalue weighted by atomic mass is 9.86. The molecule has 1 aliphatic rings. The van der Waals surface area contributed by atoms with Gasteiger partial charge in [0.15, 0.2) is 0 Å². The average molecular weight is 495 g/mol. The molecule has 0 N–H and O–H groups in total. The van der Waals surface area contributed by atoms with E-state index in [0.717, 1.165) is 64.2 Å². The smallest absolute Gasteiger partial charge is 0.317 e. The quantitative estimate of drug-likeness (QED) is 0.0874. The molecule has 1 rings (SSSR count). The molecule has 3 atom stereocenters. The molecule has 0 aromatic carbocycles. The fraction of sp³-hybridized carbons (Fsp3) is 0.750. The molecule has 0 aromatic rings. The van der Waals surface area contributed by atoms with Crippen LogP contribution in [0.4, 0.5) is 0 Å². The number of methoxy groups -OCH3 is 2. The van der Waals surface area contributed by atoms with Gasteiger partial charge in [-0.2, -0.15) is 0 Å². The average Bonchev–Trinajstić information content (AvgIpc) is 3.19. The van der Waals surface area contributed by atoms with E-state index in [-0.39, 0.29) is 42.9 Å². The third-order valence-electron chi connectivity index (χ3n) is 6.33. The molecule has 1 aliphatic heterocycles. The molecule has 35 heavy (non-hydrogen) atoms. The molecule has 0 aromatic heterocycles. The van der Waals surface area contributed by atoms with Gasteiger partial charge in [-0.25, -0.2) is 0 Å². The molecule has 1 fully saturated rings. The van der Waals surface area contributed by atoms with Crippen LogP contribution in [0.25, 0.3) is 0 Å². The first-order valence-corrected chi connectivity index (χ1v) is 13.3. The summed E-state index contributed by atoms with van der Waals surface area (Å²) in [6.45, 7) is 3.01. The first-order valence-electron chi connectivity index (χ1n) is 13.3. The molecule has 0 radical (unpaired) electrons. The van der Waals surface area contributed by atoms with Crippen molar-refractivity contribution < 1.29 is 33.3 Å². The van der Waals surface area contributed by atoms with Crippen molar-refractivity contribution in [3.05, 3.63) is 24.3 Å². The van der Waals surface area contributed by atoms with Gasteiger partial charge < -0.3 is 18.9 Å². The zero-order valence-electron chi connectivity index (χ0n) is 22.0. The van der Waals surface area contributed by atoms with Crippen molar-refractivity contribution in [1.82, 2.24) is 0 Å². The van der Waals surface area contributed by atoms with Gasteiger partial charge in [0.25, 0.3) is 0 Å². The Kier molecular flexibility index (Phi) is 17.9. The predicted molar refractivity (Wildman–Crippen MR) is 136 cm³/mol. The van der Waals surface area contributed by atoms with E-state index >= 15 is 0 Å². The van der Waals surface area contributed by atoms with E-state index in [1.54, 1.807) is 14.2 Å². The molecule has 0 spiro atoms. The van der Waals surface area contributed by atoms with Gasteiger partial charge in [-0.3, -0.25) is 14.4 Å². The molecule has 1 saturated heterocycles. The minimum absolute atomic E-state index is 0.0579. The molecule has 0 aliphatic carbocycles. The van der Waals surface area contributed by atoms with E-state index < -0.39 is 5.97 Å². The van der Waals surface area contributed by atoms with Crippen molar-refractivity contribution in [3.63, 3.8) is 0 Å². The zero-order chi connectivity index (χ0) is 25.7. The fourth-order valence-electron chi connectivity index (χ4n) is 4.10. The molecular weight excluding hydrogens is 448 g/mol. The van der Waals surface area contributed by atoms with Crippen molar-refractivity contribution in [2.24, 2.45) is 11.8 Å². The summed E-state index contributed by atoms with van der Waals surface area (Å²) < 4.78 is 20.3. The summed E-state index contributed by atoms with van der Waals surface area (Å²) in [5, 5.41) is 0. The van der Waals surface area contributed by atoms with Crippen LogP contribution < -0.4 is 0 Å². The highest BCUT2D eigenvalue weighted by molar-refractivity contribution is 5.94. The van der Waals surface area contributed by atoms with Crippen LogP contribution in [-0.2, 0) is 33.3 Å². The molecule has 0 amide bonds. The van der Waals surface area contributed by atoms with E-state index in [9.17, 15) is 14.4 Å². The maximum absolute atomic E-state index is 12.0. The largest absolute Gasteiger partial charge is 0.463 e. The highest BCUT2D eigenvalue weighted by Gasteiger charge is 2.37. The normalized spacial score (nSPS) is 17.9. The number of carbonyl (C=O) groups excluding carboxylic acids is 3.